The molecule has 84 valence electrons. The second-order valence-corrected chi connectivity index (χ2v) is 3.67. The quantitative estimate of drug-likeness (QED) is 0.718. The highest BCUT2D eigenvalue weighted by molar-refractivity contribution is 5.75. The lowest BCUT2D eigenvalue weighted by Crippen LogP contribution is -2.21. The number of nitrogens with one attached hydrogen (secondary N) is 2. The van der Waals surface area contributed by atoms with Gasteiger partial charge in [-0.1, -0.05) is 6.07 Å². The molecule has 1 heterocycles. The van der Waals surface area contributed by atoms with Gasteiger partial charge < -0.3 is 15.4 Å². The molecule has 0 unspecified atom stereocenters. The number of carboxylic acid groups (broad SMARTS) is 1. The van der Waals surface area contributed by atoms with Crippen LogP contribution in [0.3, 0.4) is 0 Å². The molecule has 16 heavy (non-hydrogen) atoms. The fraction of sp³-hybridized carbons (Fsp3) is 0.273. The summed E-state index contributed by atoms with van der Waals surface area (Å²) in [6.45, 7) is 2.42. The number of imidazole rings is 1. The van der Waals surface area contributed by atoms with Crippen molar-refractivity contribution in [2.45, 2.75) is 13.5 Å². The Labute approximate surface area is 92.5 Å². The summed E-state index contributed by atoms with van der Waals surface area (Å²) in [5.74, 6) is 0.0316. The Morgan fingerprint density at radius 1 is 1.56 bits per heavy atom. The zero-order valence-corrected chi connectivity index (χ0v) is 8.95. The van der Waals surface area contributed by atoms with Crippen LogP contribution in [0.25, 0.3) is 11.0 Å². The van der Waals surface area contributed by atoms with Gasteiger partial charge in [-0.3, -0.25) is 4.79 Å². The minimum atomic E-state index is -0.849. The van der Waals surface area contributed by atoms with Crippen LogP contribution < -0.4 is 5.32 Å². The number of H-pyrrole nitrogens is 1. The first-order valence-corrected chi connectivity index (χ1v) is 5.03. The maximum absolute atomic E-state index is 10.3. The Morgan fingerprint density at radius 3 is 3.12 bits per heavy atom. The minimum absolute atomic E-state index is 0.0277. The zero-order chi connectivity index (χ0) is 11.5. The maximum atomic E-state index is 10.3. The van der Waals surface area contributed by atoms with Crippen LogP contribution in [0.15, 0.2) is 18.2 Å². The molecule has 5 nitrogen and oxygen atoms in total. The van der Waals surface area contributed by atoms with Crippen molar-refractivity contribution in [2.75, 3.05) is 6.54 Å². The summed E-state index contributed by atoms with van der Waals surface area (Å²) in [5.41, 5.74) is 2.95. The molecule has 0 saturated carbocycles. The number of aryl methyl sites for hydroxylation is 1. The Hall–Kier alpha value is -1.88. The van der Waals surface area contributed by atoms with Crippen LogP contribution in [0.4, 0.5) is 0 Å². The van der Waals surface area contributed by atoms with E-state index in [9.17, 15) is 4.79 Å². The predicted octanol–water partition coefficient (Wildman–Crippen LogP) is 1.05. The van der Waals surface area contributed by atoms with Crippen molar-refractivity contribution in [1.82, 2.24) is 15.3 Å². The van der Waals surface area contributed by atoms with Gasteiger partial charge in [-0.2, -0.15) is 0 Å². The molecule has 0 bridgehead atoms. The van der Waals surface area contributed by atoms with Gasteiger partial charge in [0.1, 0.15) is 5.82 Å². The molecule has 2 rings (SSSR count). The van der Waals surface area contributed by atoms with Crippen molar-refractivity contribution in [1.29, 1.82) is 0 Å². The lowest BCUT2D eigenvalue weighted by molar-refractivity contribution is -0.135. The number of nitrogens with zero attached hydrogens (tertiary/aromatic N) is 1. The summed E-state index contributed by atoms with van der Waals surface area (Å²) in [7, 11) is 0. The number of aromatic amines is 1. The average Bonchev–Trinajstić information content (AvgIpc) is 2.56. The Bertz CT molecular complexity index is 519. The van der Waals surface area contributed by atoms with Gasteiger partial charge >= 0.3 is 5.97 Å². The van der Waals surface area contributed by atoms with Crippen molar-refractivity contribution in [3.63, 3.8) is 0 Å². The third-order valence-electron chi connectivity index (χ3n) is 2.27. The number of carboxylic acids is 1. The summed E-state index contributed by atoms with van der Waals surface area (Å²) in [5, 5.41) is 11.3. The van der Waals surface area contributed by atoms with E-state index in [-0.39, 0.29) is 6.54 Å². The molecule has 1 aromatic carbocycles. The SMILES string of the molecule is Cc1nc2ccc(CNCC(=O)O)cc2[nH]1. The van der Waals surface area contributed by atoms with Gasteiger partial charge in [0.05, 0.1) is 17.6 Å². The molecular weight excluding hydrogens is 206 g/mol. The van der Waals surface area contributed by atoms with Gasteiger partial charge in [-0.25, -0.2) is 4.98 Å². The van der Waals surface area contributed by atoms with Gasteiger partial charge in [0, 0.05) is 6.54 Å². The third-order valence-corrected chi connectivity index (χ3v) is 2.27. The molecule has 0 aliphatic heterocycles. The number of hydrogen-bond donors (Lipinski definition) is 3. The lowest BCUT2D eigenvalue weighted by Gasteiger charge is -2.01. The van der Waals surface area contributed by atoms with Gasteiger partial charge in [0.15, 0.2) is 0 Å². The van der Waals surface area contributed by atoms with E-state index in [2.05, 4.69) is 15.3 Å². The molecule has 0 radical (unpaired) electrons. The predicted molar refractivity (Wildman–Crippen MR) is 60.2 cm³/mol. The van der Waals surface area contributed by atoms with Crippen molar-refractivity contribution in [2.24, 2.45) is 0 Å². The van der Waals surface area contributed by atoms with E-state index in [1.165, 1.54) is 0 Å². The number of aliphatic carboxylic acids is 1. The molecule has 0 fully saturated rings. The molecule has 3 N–H and O–H groups in total. The maximum Gasteiger partial charge on any atom is 0.317 e. The van der Waals surface area contributed by atoms with Crippen LogP contribution in [0, 0.1) is 6.92 Å². The van der Waals surface area contributed by atoms with Crippen molar-refractivity contribution in [3.05, 3.63) is 29.6 Å². The molecule has 0 aliphatic rings. The Morgan fingerprint density at radius 2 is 2.38 bits per heavy atom. The summed E-state index contributed by atoms with van der Waals surface area (Å²) >= 11 is 0. The molecule has 0 aliphatic carbocycles. The topological polar surface area (TPSA) is 78.0 Å². The van der Waals surface area contributed by atoms with E-state index in [0.717, 1.165) is 22.4 Å². The van der Waals surface area contributed by atoms with E-state index in [4.69, 9.17) is 5.11 Å². The van der Waals surface area contributed by atoms with Gasteiger partial charge in [-0.15, -0.1) is 0 Å². The van der Waals surface area contributed by atoms with Crippen LogP contribution in [-0.2, 0) is 11.3 Å². The molecule has 0 amide bonds. The molecular formula is C11H13N3O2. The average molecular weight is 219 g/mol. The van der Waals surface area contributed by atoms with Gasteiger partial charge in [0.25, 0.3) is 0 Å². The molecule has 1 aromatic heterocycles. The normalized spacial score (nSPS) is 10.8. The van der Waals surface area contributed by atoms with Crippen LogP contribution in [0.5, 0.6) is 0 Å². The van der Waals surface area contributed by atoms with E-state index in [0.29, 0.717) is 6.54 Å². The van der Waals surface area contributed by atoms with E-state index in [1.807, 2.05) is 25.1 Å². The monoisotopic (exact) mass is 219 g/mol. The van der Waals surface area contributed by atoms with Crippen molar-refractivity contribution in [3.8, 4) is 0 Å². The highest BCUT2D eigenvalue weighted by atomic mass is 16.4. The van der Waals surface area contributed by atoms with Crippen molar-refractivity contribution >= 4 is 17.0 Å². The standard InChI is InChI=1S/C11H13N3O2/c1-7-13-9-3-2-8(4-10(9)14-7)5-12-6-11(15)16/h2-4,12H,5-6H2,1H3,(H,13,14)(H,15,16). The van der Waals surface area contributed by atoms with Gasteiger partial charge in [0.2, 0.25) is 0 Å². The largest absolute Gasteiger partial charge is 0.480 e. The van der Waals surface area contributed by atoms with Crippen LogP contribution in [0.1, 0.15) is 11.4 Å². The molecule has 0 spiro atoms. The highest BCUT2D eigenvalue weighted by Gasteiger charge is 2.01. The zero-order valence-electron chi connectivity index (χ0n) is 8.95. The molecule has 5 heteroatoms. The van der Waals surface area contributed by atoms with Crippen LogP contribution >= 0.6 is 0 Å². The number of carbonyl (C=O) groups is 1. The second kappa shape index (κ2) is 4.32. The Balaban J connectivity index is 2.10. The second-order valence-electron chi connectivity index (χ2n) is 3.67. The number of rotatable bonds is 4. The summed E-state index contributed by atoms with van der Waals surface area (Å²) in [6.07, 6.45) is 0. The van der Waals surface area contributed by atoms with Gasteiger partial charge in [-0.05, 0) is 24.6 Å². The first kappa shape index (κ1) is 10.6. The first-order chi connectivity index (χ1) is 7.65. The van der Waals surface area contributed by atoms with Crippen LogP contribution in [-0.4, -0.2) is 27.6 Å². The smallest absolute Gasteiger partial charge is 0.317 e. The number of hydrogen-bond acceptors (Lipinski definition) is 3. The summed E-state index contributed by atoms with van der Waals surface area (Å²) < 4.78 is 0. The fourth-order valence-electron chi connectivity index (χ4n) is 1.61. The van der Waals surface area contributed by atoms with E-state index >= 15 is 0 Å². The van der Waals surface area contributed by atoms with Crippen LogP contribution in [0.2, 0.25) is 0 Å². The molecule has 0 atom stereocenters. The molecule has 2 aromatic rings. The lowest BCUT2D eigenvalue weighted by atomic mass is 10.2. The number of benzene rings is 1. The third kappa shape index (κ3) is 2.38. The van der Waals surface area contributed by atoms with Crippen molar-refractivity contribution < 1.29 is 9.90 Å². The Kier molecular flexibility index (Phi) is 2.87. The summed E-state index contributed by atoms with van der Waals surface area (Å²) in [4.78, 5) is 17.8. The highest BCUT2D eigenvalue weighted by Crippen LogP contribution is 2.13. The number of aromatic nitrogens is 2. The molecule has 0 saturated heterocycles. The summed E-state index contributed by atoms with van der Waals surface area (Å²) in [6, 6.07) is 5.85. The number of fused-ring (bicyclic) bond motifs is 1. The van der Waals surface area contributed by atoms with E-state index in [1.54, 1.807) is 0 Å². The minimum Gasteiger partial charge on any atom is -0.480 e. The van der Waals surface area contributed by atoms with E-state index < -0.39 is 5.97 Å². The first-order valence-electron chi connectivity index (χ1n) is 5.03. The fourth-order valence-corrected chi connectivity index (χ4v) is 1.61.